The third kappa shape index (κ3) is 27.4. The van der Waals surface area contributed by atoms with E-state index in [9.17, 15) is 43.7 Å². The fraction of sp³-hybridized carbons (Fsp3) is 0.562. The van der Waals surface area contributed by atoms with E-state index >= 15 is 0 Å². The minimum atomic E-state index is -1.07. The molecular formula is C48H69N7O19. The van der Waals surface area contributed by atoms with Gasteiger partial charge in [-0.3, -0.25) is 39.0 Å². The molecule has 1 heterocycles. The van der Waals surface area contributed by atoms with Crippen LogP contribution in [0.2, 0.25) is 0 Å². The summed E-state index contributed by atoms with van der Waals surface area (Å²) in [5, 5.41) is 21.4. The van der Waals surface area contributed by atoms with Crippen molar-refractivity contribution in [2.45, 2.75) is 51.8 Å². The van der Waals surface area contributed by atoms with Gasteiger partial charge in [0.15, 0.2) is 0 Å². The molecule has 3 rings (SSSR count). The lowest BCUT2D eigenvalue weighted by Crippen LogP contribution is -2.54. The van der Waals surface area contributed by atoms with Crippen molar-refractivity contribution in [2.75, 3.05) is 124 Å². The second kappa shape index (κ2) is 37.1. The van der Waals surface area contributed by atoms with Gasteiger partial charge in [-0.15, -0.1) is 0 Å². The van der Waals surface area contributed by atoms with E-state index in [0.29, 0.717) is 90.5 Å². The minimum Gasteiger partial charge on any atom is -0.429 e. The van der Waals surface area contributed by atoms with Crippen molar-refractivity contribution in [2.24, 2.45) is 11.7 Å². The summed E-state index contributed by atoms with van der Waals surface area (Å²) in [5.41, 5.74) is 5.91. The summed E-state index contributed by atoms with van der Waals surface area (Å²) in [6.45, 7) is 9.06. The second-order valence-corrected chi connectivity index (χ2v) is 16.2. The van der Waals surface area contributed by atoms with Crippen molar-refractivity contribution >= 4 is 53.1 Å². The number of carbonyl (C=O) groups excluding carboxylic acids is 7. The number of nitrogens with two attached hydrogens (primary N) is 1. The Kier molecular flexibility index (Phi) is 30.9. The molecule has 1 aliphatic rings. The van der Waals surface area contributed by atoms with E-state index < -0.39 is 46.9 Å². The SMILES string of the molecule is CC(C)[C@H](NC(=O)CCOCCOCCOCCOCCOCCOCCOCCOCCN1C(=O)C=CC1=O)C(=O)N[C@@H](CCCNC(N)=O)C(=O)Nc1ccc(COC(=O)Oc2ccc([N+](=O)[O-])cc2)cc1. The number of amides is 7. The average molecular weight is 1050 g/mol. The van der Waals surface area contributed by atoms with E-state index in [1.165, 1.54) is 36.4 Å². The molecule has 0 aliphatic carbocycles. The quantitative estimate of drug-likeness (QED) is 0.0158. The first-order chi connectivity index (χ1) is 35.7. The predicted octanol–water partition coefficient (Wildman–Crippen LogP) is 1.77. The molecule has 0 saturated heterocycles. The summed E-state index contributed by atoms with van der Waals surface area (Å²) in [4.78, 5) is 97.4. The highest BCUT2D eigenvalue weighted by atomic mass is 16.7. The first kappa shape index (κ1) is 61.6. The number of ether oxygens (including phenoxy) is 10. The fourth-order valence-corrected chi connectivity index (χ4v) is 6.26. The van der Waals surface area contributed by atoms with Gasteiger partial charge in [-0.1, -0.05) is 26.0 Å². The summed E-state index contributed by atoms with van der Waals surface area (Å²) in [5.74, 6) is -2.56. The summed E-state index contributed by atoms with van der Waals surface area (Å²) in [6, 6.07) is 8.38. The normalized spacial score (nSPS) is 12.9. The predicted molar refractivity (Wildman–Crippen MR) is 262 cm³/mol. The maximum Gasteiger partial charge on any atom is 0.514 e. The molecule has 26 heteroatoms. The zero-order valence-corrected chi connectivity index (χ0v) is 41.8. The van der Waals surface area contributed by atoms with Crippen LogP contribution in [0, 0.1) is 16.0 Å². The van der Waals surface area contributed by atoms with Crippen molar-refractivity contribution in [1.82, 2.24) is 20.9 Å². The molecule has 0 radical (unpaired) electrons. The van der Waals surface area contributed by atoms with Crippen molar-refractivity contribution in [3.05, 3.63) is 76.4 Å². The van der Waals surface area contributed by atoms with Gasteiger partial charge in [0.1, 0.15) is 24.4 Å². The number of benzene rings is 2. The fourth-order valence-electron chi connectivity index (χ4n) is 6.26. The number of nitro groups is 1. The van der Waals surface area contributed by atoms with Gasteiger partial charge in [0.05, 0.1) is 117 Å². The molecule has 7 amide bonds. The molecule has 26 nitrogen and oxygen atoms in total. The molecule has 410 valence electrons. The lowest BCUT2D eigenvalue weighted by molar-refractivity contribution is -0.384. The number of imide groups is 1. The molecule has 1 aliphatic heterocycles. The van der Waals surface area contributed by atoms with Crippen LogP contribution in [0.3, 0.4) is 0 Å². The van der Waals surface area contributed by atoms with Gasteiger partial charge < -0.3 is 74.4 Å². The van der Waals surface area contributed by atoms with Crippen LogP contribution in [0.25, 0.3) is 0 Å². The molecule has 0 spiro atoms. The minimum absolute atomic E-state index is 0.0342. The third-order valence-corrected chi connectivity index (χ3v) is 10.1. The average Bonchev–Trinajstić information content (AvgIpc) is 3.69. The van der Waals surface area contributed by atoms with Gasteiger partial charge >= 0.3 is 12.2 Å². The van der Waals surface area contributed by atoms with Gasteiger partial charge in [-0.05, 0) is 48.6 Å². The van der Waals surface area contributed by atoms with E-state index in [2.05, 4.69) is 21.3 Å². The molecule has 0 fully saturated rings. The van der Waals surface area contributed by atoms with E-state index in [4.69, 9.17) is 53.1 Å². The molecule has 2 aromatic carbocycles. The number of urea groups is 1. The maximum atomic E-state index is 13.5. The number of anilines is 1. The number of nitro benzene ring substituents is 1. The number of nitrogens with one attached hydrogen (secondary N) is 4. The van der Waals surface area contributed by atoms with Gasteiger partial charge in [-0.25, -0.2) is 9.59 Å². The number of non-ortho nitro benzene ring substituents is 1. The van der Waals surface area contributed by atoms with Crippen LogP contribution in [0.15, 0.2) is 60.7 Å². The van der Waals surface area contributed by atoms with E-state index in [0.717, 1.165) is 4.90 Å². The van der Waals surface area contributed by atoms with Gasteiger partial charge in [0, 0.05) is 42.9 Å². The molecular weight excluding hydrogens is 979 g/mol. The van der Waals surface area contributed by atoms with Crippen LogP contribution >= 0.6 is 0 Å². The summed E-state index contributed by atoms with van der Waals surface area (Å²) < 4.78 is 53.9. The highest BCUT2D eigenvalue weighted by Crippen LogP contribution is 2.19. The Hall–Kier alpha value is -6.65. The lowest BCUT2D eigenvalue weighted by atomic mass is 10.0. The topological polar surface area (TPSA) is 332 Å². The van der Waals surface area contributed by atoms with Crippen LogP contribution in [0.4, 0.5) is 21.0 Å². The Labute approximate surface area is 428 Å². The van der Waals surface area contributed by atoms with E-state index in [1.807, 2.05) is 0 Å². The highest BCUT2D eigenvalue weighted by molar-refractivity contribution is 6.12. The van der Waals surface area contributed by atoms with Crippen LogP contribution in [-0.2, 0) is 73.2 Å². The zero-order valence-electron chi connectivity index (χ0n) is 41.8. The summed E-state index contributed by atoms with van der Waals surface area (Å²) in [7, 11) is 0. The number of nitrogens with zero attached hydrogens (tertiary/aromatic N) is 2. The number of primary amides is 1. The van der Waals surface area contributed by atoms with Crippen LogP contribution in [-0.4, -0.2) is 182 Å². The summed E-state index contributed by atoms with van der Waals surface area (Å²) in [6.07, 6.45) is 1.80. The Bertz CT molecular complexity index is 2040. The van der Waals surface area contributed by atoms with Crippen molar-refractivity contribution in [3.8, 4) is 5.75 Å². The van der Waals surface area contributed by atoms with Gasteiger partial charge in [0.25, 0.3) is 17.5 Å². The molecule has 6 N–H and O–H groups in total. The Balaban J connectivity index is 1.19. The maximum absolute atomic E-state index is 13.5. The van der Waals surface area contributed by atoms with Crippen molar-refractivity contribution in [3.63, 3.8) is 0 Å². The number of rotatable bonds is 41. The lowest BCUT2D eigenvalue weighted by Gasteiger charge is -2.25. The third-order valence-electron chi connectivity index (χ3n) is 10.1. The first-order valence-electron chi connectivity index (χ1n) is 24.0. The van der Waals surface area contributed by atoms with Crippen LogP contribution < -0.4 is 31.7 Å². The number of hydrogen-bond donors (Lipinski definition) is 5. The first-order valence-corrected chi connectivity index (χ1v) is 24.0. The molecule has 74 heavy (non-hydrogen) atoms. The largest absolute Gasteiger partial charge is 0.514 e. The summed E-state index contributed by atoms with van der Waals surface area (Å²) >= 11 is 0. The number of carbonyl (C=O) groups is 7. The van der Waals surface area contributed by atoms with Gasteiger partial charge in [-0.2, -0.15) is 0 Å². The van der Waals surface area contributed by atoms with Crippen molar-refractivity contribution < 1.29 is 85.9 Å². The Morgan fingerprint density at radius 3 is 1.61 bits per heavy atom. The molecule has 2 aromatic rings. The highest BCUT2D eigenvalue weighted by Gasteiger charge is 2.29. The van der Waals surface area contributed by atoms with Gasteiger partial charge in [0.2, 0.25) is 17.7 Å². The van der Waals surface area contributed by atoms with Crippen molar-refractivity contribution in [1.29, 1.82) is 0 Å². The van der Waals surface area contributed by atoms with E-state index in [-0.39, 0.29) is 94.6 Å². The van der Waals surface area contributed by atoms with Crippen LogP contribution in [0.1, 0.15) is 38.7 Å². The Morgan fingerprint density at radius 1 is 0.649 bits per heavy atom. The van der Waals surface area contributed by atoms with E-state index in [1.54, 1.807) is 38.1 Å². The second-order valence-electron chi connectivity index (χ2n) is 16.2. The Morgan fingerprint density at radius 2 is 1.14 bits per heavy atom. The monoisotopic (exact) mass is 1050 g/mol. The molecule has 0 aromatic heterocycles. The van der Waals surface area contributed by atoms with Crippen LogP contribution in [0.5, 0.6) is 5.75 Å². The zero-order chi connectivity index (χ0) is 53.8. The molecule has 2 atom stereocenters. The standard InChI is InChI=1S/C48H69N7O19/c1-35(2)44(46(60)52-40(4-3-16-50-47(49)61)45(59)51-37-7-5-36(6-8-37)34-73-48(62)74-39-11-9-38(10-12-39)55(63)64)53-41(56)15-18-65-20-22-67-24-26-69-28-30-71-32-33-72-31-29-70-27-25-68-23-21-66-19-17-54-42(57)13-14-43(54)58/h5-14,35,40,44H,3-4,15-34H2,1-2H3,(H,51,59)(H,52,60)(H,53,56)(H3,49,50,61)/t40-,44-/m0/s1. The molecule has 0 bridgehead atoms. The molecule has 0 saturated carbocycles. The molecule has 0 unspecified atom stereocenters. The number of hydrogen-bond acceptors (Lipinski definition) is 19. The smallest absolute Gasteiger partial charge is 0.429 e.